The lowest BCUT2D eigenvalue weighted by molar-refractivity contribution is 0.396. The molecule has 1 aromatic carbocycles. The van der Waals surface area contributed by atoms with Gasteiger partial charge in [0.25, 0.3) is 0 Å². The van der Waals surface area contributed by atoms with Gasteiger partial charge in [-0.15, -0.1) is 0 Å². The summed E-state index contributed by atoms with van der Waals surface area (Å²) >= 11 is 0. The van der Waals surface area contributed by atoms with Gasteiger partial charge in [0.05, 0.1) is 12.8 Å². The van der Waals surface area contributed by atoms with Crippen molar-refractivity contribution in [1.29, 1.82) is 0 Å². The molecule has 0 amide bonds. The van der Waals surface area contributed by atoms with Gasteiger partial charge in [-0.3, -0.25) is 0 Å². The van der Waals surface area contributed by atoms with Crippen molar-refractivity contribution in [3.63, 3.8) is 0 Å². The molecule has 0 spiro atoms. The van der Waals surface area contributed by atoms with E-state index in [0.29, 0.717) is 18.7 Å². The average Bonchev–Trinajstić information content (AvgIpc) is 2.77. The lowest BCUT2D eigenvalue weighted by Gasteiger charge is -2.06. The smallest absolute Gasteiger partial charge is 0.161 e. The standard InChI is InChI=1S/C12H13NO3/c14-11-5-1-3-9(12(11)15)7-13-8-10-4-2-6-16-10/h1-6,13-15H,7-8H2. The van der Waals surface area contributed by atoms with E-state index >= 15 is 0 Å². The Balaban J connectivity index is 1.92. The number of para-hydroxylation sites is 1. The molecule has 1 aromatic heterocycles. The maximum atomic E-state index is 9.54. The Morgan fingerprint density at radius 1 is 1.06 bits per heavy atom. The lowest BCUT2D eigenvalue weighted by atomic mass is 10.2. The van der Waals surface area contributed by atoms with Crippen molar-refractivity contribution in [3.05, 3.63) is 47.9 Å². The number of phenolic OH excluding ortho intramolecular Hbond substituents is 2. The predicted octanol–water partition coefficient (Wildman–Crippen LogP) is 1.98. The first kappa shape index (κ1) is 10.6. The van der Waals surface area contributed by atoms with Gasteiger partial charge in [0.15, 0.2) is 11.5 Å². The topological polar surface area (TPSA) is 65.6 Å². The number of nitrogens with one attached hydrogen (secondary N) is 1. The molecule has 0 bridgehead atoms. The van der Waals surface area contributed by atoms with Gasteiger partial charge in [-0.05, 0) is 18.2 Å². The quantitative estimate of drug-likeness (QED) is 0.688. The molecule has 0 fully saturated rings. The van der Waals surface area contributed by atoms with Crippen LogP contribution in [-0.2, 0) is 13.1 Å². The molecule has 0 saturated heterocycles. The molecule has 0 aliphatic rings. The van der Waals surface area contributed by atoms with Crippen LogP contribution in [0.3, 0.4) is 0 Å². The minimum Gasteiger partial charge on any atom is -0.504 e. The summed E-state index contributed by atoms with van der Waals surface area (Å²) < 4.78 is 5.15. The Kier molecular flexibility index (Phi) is 3.12. The van der Waals surface area contributed by atoms with Gasteiger partial charge in [0.1, 0.15) is 5.76 Å². The van der Waals surface area contributed by atoms with Gasteiger partial charge in [-0.2, -0.15) is 0 Å². The number of phenols is 2. The highest BCUT2D eigenvalue weighted by Crippen LogP contribution is 2.27. The van der Waals surface area contributed by atoms with Crippen molar-refractivity contribution >= 4 is 0 Å². The van der Waals surface area contributed by atoms with E-state index in [-0.39, 0.29) is 11.5 Å². The number of rotatable bonds is 4. The summed E-state index contributed by atoms with van der Waals surface area (Å²) in [6.07, 6.45) is 1.61. The Morgan fingerprint density at radius 2 is 1.94 bits per heavy atom. The normalized spacial score (nSPS) is 10.5. The fourth-order valence-electron chi connectivity index (χ4n) is 1.45. The van der Waals surface area contributed by atoms with Crippen LogP contribution < -0.4 is 5.32 Å². The van der Waals surface area contributed by atoms with Gasteiger partial charge in [0.2, 0.25) is 0 Å². The van der Waals surface area contributed by atoms with Crippen LogP contribution in [-0.4, -0.2) is 10.2 Å². The first-order valence-electron chi connectivity index (χ1n) is 5.00. The van der Waals surface area contributed by atoms with E-state index < -0.39 is 0 Å². The highest BCUT2D eigenvalue weighted by atomic mass is 16.3. The zero-order chi connectivity index (χ0) is 11.4. The van der Waals surface area contributed by atoms with Gasteiger partial charge in [0, 0.05) is 12.1 Å². The Morgan fingerprint density at radius 3 is 2.69 bits per heavy atom. The van der Waals surface area contributed by atoms with E-state index in [0.717, 1.165) is 5.76 Å². The second-order valence-corrected chi connectivity index (χ2v) is 3.47. The summed E-state index contributed by atoms with van der Waals surface area (Å²) in [6, 6.07) is 8.59. The van der Waals surface area contributed by atoms with Crippen molar-refractivity contribution in [2.45, 2.75) is 13.1 Å². The zero-order valence-corrected chi connectivity index (χ0v) is 8.68. The molecule has 84 valence electrons. The number of aromatic hydroxyl groups is 2. The monoisotopic (exact) mass is 219 g/mol. The highest BCUT2D eigenvalue weighted by molar-refractivity contribution is 5.44. The zero-order valence-electron chi connectivity index (χ0n) is 8.68. The first-order valence-corrected chi connectivity index (χ1v) is 5.00. The molecular weight excluding hydrogens is 206 g/mol. The summed E-state index contributed by atoms with van der Waals surface area (Å²) in [5, 5.41) is 21.9. The van der Waals surface area contributed by atoms with Crippen LogP contribution in [0.4, 0.5) is 0 Å². The summed E-state index contributed by atoms with van der Waals surface area (Å²) in [5.74, 6) is 0.659. The van der Waals surface area contributed by atoms with E-state index in [2.05, 4.69) is 5.32 Å². The van der Waals surface area contributed by atoms with Crippen molar-refractivity contribution in [3.8, 4) is 11.5 Å². The van der Waals surface area contributed by atoms with Gasteiger partial charge in [-0.1, -0.05) is 12.1 Å². The average molecular weight is 219 g/mol. The molecular formula is C12H13NO3. The van der Waals surface area contributed by atoms with Crippen molar-refractivity contribution in [2.24, 2.45) is 0 Å². The van der Waals surface area contributed by atoms with Crippen LogP contribution >= 0.6 is 0 Å². The Hall–Kier alpha value is -1.94. The van der Waals surface area contributed by atoms with Crippen molar-refractivity contribution in [1.82, 2.24) is 5.32 Å². The number of hydrogen-bond donors (Lipinski definition) is 3. The predicted molar refractivity (Wildman–Crippen MR) is 59.0 cm³/mol. The van der Waals surface area contributed by atoms with E-state index in [1.165, 1.54) is 6.07 Å². The molecule has 16 heavy (non-hydrogen) atoms. The number of furan rings is 1. The third-order valence-corrected chi connectivity index (χ3v) is 2.29. The molecule has 0 radical (unpaired) electrons. The van der Waals surface area contributed by atoms with E-state index in [9.17, 15) is 10.2 Å². The summed E-state index contributed by atoms with van der Waals surface area (Å²) in [6.45, 7) is 1.06. The molecule has 1 heterocycles. The van der Waals surface area contributed by atoms with Crippen LogP contribution in [0.25, 0.3) is 0 Å². The molecule has 0 saturated carbocycles. The van der Waals surface area contributed by atoms with Crippen LogP contribution in [0.15, 0.2) is 41.0 Å². The maximum absolute atomic E-state index is 9.54. The molecule has 0 aliphatic heterocycles. The van der Waals surface area contributed by atoms with Crippen molar-refractivity contribution < 1.29 is 14.6 Å². The lowest BCUT2D eigenvalue weighted by Crippen LogP contribution is -2.12. The summed E-state index contributed by atoms with van der Waals surface area (Å²) in [7, 11) is 0. The van der Waals surface area contributed by atoms with Crippen LogP contribution in [0, 0.1) is 0 Å². The second-order valence-electron chi connectivity index (χ2n) is 3.47. The molecule has 0 atom stereocenters. The van der Waals surface area contributed by atoms with E-state index in [4.69, 9.17) is 4.42 Å². The molecule has 4 nitrogen and oxygen atoms in total. The number of benzene rings is 1. The fraction of sp³-hybridized carbons (Fsp3) is 0.167. The molecule has 0 unspecified atom stereocenters. The fourth-order valence-corrected chi connectivity index (χ4v) is 1.45. The summed E-state index contributed by atoms with van der Waals surface area (Å²) in [5.41, 5.74) is 0.659. The molecule has 0 aliphatic carbocycles. The van der Waals surface area contributed by atoms with Crippen LogP contribution in [0.2, 0.25) is 0 Å². The van der Waals surface area contributed by atoms with Crippen molar-refractivity contribution in [2.75, 3.05) is 0 Å². The van der Waals surface area contributed by atoms with Gasteiger partial charge in [-0.25, -0.2) is 0 Å². The SMILES string of the molecule is Oc1cccc(CNCc2ccco2)c1O. The van der Waals surface area contributed by atoms with Gasteiger partial charge < -0.3 is 19.9 Å². The largest absolute Gasteiger partial charge is 0.504 e. The van der Waals surface area contributed by atoms with E-state index in [1.54, 1.807) is 18.4 Å². The molecule has 4 heteroatoms. The minimum absolute atomic E-state index is 0.0746. The second kappa shape index (κ2) is 4.72. The third kappa shape index (κ3) is 2.35. The first-order chi connectivity index (χ1) is 7.77. The molecule has 2 aromatic rings. The van der Waals surface area contributed by atoms with Crippen LogP contribution in [0.1, 0.15) is 11.3 Å². The summed E-state index contributed by atoms with van der Waals surface area (Å²) in [4.78, 5) is 0. The van der Waals surface area contributed by atoms with Gasteiger partial charge >= 0.3 is 0 Å². The molecule has 3 N–H and O–H groups in total. The Labute approximate surface area is 93.2 Å². The Bertz CT molecular complexity index is 451. The van der Waals surface area contributed by atoms with E-state index in [1.807, 2.05) is 12.1 Å². The minimum atomic E-state index is -0.0997. The third-order valence-electron chi connectivity index (χ3n) is 2.29. The van der Waals surface area contributed by atoms with Crippen LogP contribution in [0.5, 0.6) is 11.5 Å². The highest BCUT2D eigenvalue weighted by Gasteiger charge is 2.05. The molecule has 2 rings (SSSR count). The maximum Gasteiger partial charge on any atom is 0.161 e. The number of hydrogen-bond acceptors (Lipinski definition) is 4.